The Kier molecular flexibility index (Phi) is 5.46. The molecular formula is C30H29NOS. The lowest BCUT2D eigenvalue weighted by atomic mass is 9.87. The van der Waals surface area contributed by atoms with Crippen LogP contribution in [0.3, 0.4) is 0 Å². The molecule has 0 spiro atoms. The van der Waals surface area contributed by atoms with E-state index >= 15 is 0 Å². The van der Waals surface area contributed by atoms with Gasteiger partial charge in [-0.3, -0.25) is 4.79 Å². The number of aldehydes is 1. The van der Waals surface area contributed by atoms with Crippen molar-refractivity contribution in [3.05, 3.63) is 95.6 Å². The summed E-state index contributed by atoms with van der Waals surface area (Å²) >= 11 is 1.80. The SMILES string of the molecule is CC1Cc2cc(-c3ccc(-c4ccc(C=O)cc4)s3)ccc2N1c1ccc(C(C)(C)C)cc1. The monoisotopic (exact) mass is 451 g/mol. The second-order valence-corrected chi connectivity index (χ2v) is 11.1. The van der Waals surface area contributed by atoms with Crippen molar-refractivity contribution in [2.24, 2.45) is 0 Å². The van der Waals surface area contributed by atoms with Gasteiger partial charge in [0.1, 0.15) is 6.29 Å². The zero-order chi connectivity index (χ0) is 23.2. The van der Waals surface area contributed by atoms with E-state index < -0.39 is 0 Å². The summed E-state index contributed by atoms with van der Waals surface area (Å²) in [4.78, 5) is 15.9. The van der Waals surface area contributed by atoms with Crippen LogP contribution < -0.4 is 4.90 Å². The molecule has 1 aromatic heterocycles. The number of benzene rings is 3. The Morgan fingerprint density at radius 3 is 2.12 bits per heavy atom. The molecule has 0 amide bonds. The van der Waals surface area contributed by atoms with Crippen LogP contribution in [0.4, 0.5) is 11.4 Å². The fraction of sp³-hybridized carbons (Fsp3) is 0.233. The van der Waals surface area contributed by atoms with Crippen molar-refractivity contribution in [2.45, 2.75) is 45.6 Å². The lowest BCUT2D eigenvalue weighted by Gasteiger charge is -2.26. The van der Waals surface area contributed by atoms with Crippen LogP contribution in [0.1, 0.15) is 49.2 Å². The zero-order valence-electron chi connectivity index (χ0n) is 19.6. The molecule has 1 atom stereocenters. The van der Waals surface area contributed by atoms with Crippen LogP contribution in [0.5, 0.6) is 0 Å². The summed E-state index contributed by atoms with van der Waals surface area (Å²) in [5.74, 6) is 0. The molecule has 0 bridgehead atoms. The maximum Gasteiger partial charge on any atom is 0.150 e. The van der Waals surface area contributed by atoms with Crippen molar-refractivity contribution in [3.63, 3.8) is 0 Å². The molecule has 5 rings (SSSR count). The number of carbonyl (C=O) groups is 1. The second kappa shape index (κ2) is 8.31. The molecule has 1 unspecified atom stereocenters. The van der Waals surface area contributed by atoms with Gasteiger partial charge in [-0.1, -0.05) is 63.2 Å². The van der Waals surface area contributed by atoms with E-state index in [-0.39, 0.29) is 5.41 Å². The number of thiophene rings is 1. The normalized spacial score (nSPS) is 15.5. The quantitative estimate of drug-likeness (QED) is 0.291. The number of nitrogens with zero attached hydrogens (tertiary/aromatic N) is 1. The Morgan fingerprint density at radius 1 is 0.848 bits per heavy atom. The van der Waals surface area contributed by atoms with Gasteiger partial charge in [-0.15, -0.1) is 11.3 Å². The van der Waals surface area contributed by atoms with Crippen LogP contribution in [0, 0.1) is 0 Å². The minimum absolute atomic E-state index is 0.165. The van der Waals surface area contributed by atoms with Crippen LogP contribution in [0.25, 0.3) is 20.9 Å². The van der Waals surface area contributed by atoms with Crippen LogP contribution in [0.2, 0.25) is 0 Å². The van der Waals surface area contributed by atoms with Gasteiger partial charge in [0.15, 0.2) is 0 Å². The van der Waals surface area contributed by atoms with E-state index in [1.807, 2.05) is 24.3 Å². The highest BCUT2D eigenvalue weighted by Gasteiger charge is 2.28. The smallest absolute Gasteiger partial charge is 0.150 e. The van der Waals surface area contributed by atoms with Crippen molar-refractivity contribution in [1.82, 2.24) is 0 Å². The molecule has 0 radical (unpaired) electrons. The first kappa shape index (κ1) is 21.7. The summed E-state index contributed by atoms with van der Waals surface area (Å²) in [6.07, 6.45) is 1.94. The van der Waals surface area contributed by atoms with Crippen LogP contribution in [0.15, 0.2) is 78.9 Å². The van der Waals surface area contributed by atoms with Gasteiger partial charge in [-0.2, -0.15) is 0 Å². The van der Waals surface area contributed by atoms with Gasteiger partial charge in [-0.05, 0) is 77.4 Å². The van der Waals surface area contributed by atoms with Crippen LogP contribution >= 0.6 is 11.3 Å². The van der Waals surface area contributed by atoms with E-state index in [9.17, 15) is 4.79 Å². The number of rotatable bonds is 4. The summed E-state index contributed by atoms with van der Waals surface area (Å²) in [5, 5.41) is 0. The van der Waals surface area contributed by atoms with Gasteiger partial charge < -0.3 is 4.90 Å². The zero-order valence-corrected chi connectivity index (χ0v) is 20.4. The highest BCUT2D eigenvalue weighted by atomic mass is 32.1. The highest BCUT2D eigenvalue weighted by molar-refractivity contribution is 7.18. The van der Waals surface area contributed by atoms with E-state index in [4.69, 9.17) is 0 Å². The first-order valence-corrected chi connectivity index (χ1v) is 12.3. The van der Waals surface area contributed by atoms with Crippen LogP contribution in [-0.4, -0.2) is 12.3 Å². The van der Waals surface area contributed by atoms with Crippen LogP contribution in [-0.2, 0) is 11.8 Å². The van der Waals surface area contributed by atoms with Gasteiger partial charge in [0.05, 0.1) is 0 Å². The van der Waals surface area contributed by atoms with E-state index in [1.54, 1.807) is 11.3 Å². The molecule has 1 aliphatic heterocycles. The Balaban J connectivity index is 1.42. The molecule has 33 heavy (non-hydrogen) atoms. The fourth-order valence-corrected chi connectivity index (χ4v) is 5.68. The van der Waals surface area contributed by atoms with Crippen molar-refractivity contribution in [2.75, 3.05) is 4.90 Å². The predicted octanol–water partition coefficient (Wildman–Crippen LogP) is 8.27. The van der Waals surface area contributed by atoms with Crippen molar-refractivity contribution < 1.29 is 4.79 Å². The standard InChI is InChI=1S/C30H29NOS/c1-20-17-24-18-23(29-16-15-28(33-29)22-7-5-21(19-32)6-8-22)9-14-27(24)31(20)26-12-10-25(11-13-26)30(2,3)4/h5-16,18-20H,17H2,1-4H3. The Morgan fingerprint density at radius 2 is 1.48 bits per heavy atom. The number of carbonyl (C=O) groups excluding carboxylic acids is 1. The summed E-state index contributed by atoms with van der Waals surface area (Å²) in [6, 6.07) is 28.6. The molecule has 1 aliphatic rings. The number of anilines is 2. The predicted molar refractivity (Wildman–Crippen MR) is 141 cm³/mol. The molecule has 0 saturated heterocycles. The molecular weight excluding hydrogens is 422 g/mol. The highest BCUT2D eigenvalue weighted by Crippen LogP contribution is 2.42. The molecule has 0 aliphatic carbocycles. The molecule has 3 heteroatoms. The Labute approximate surface area is 200 Å². The van der Waals surface area contributed by atoms with E-state index in [0.29, 0.717) is 11.6 Å². The van der Waals surface area contributed by atoms with Crippen molar-refractivity contribution in [3.8, 4) is 20.9 Å². The molecule has 166 valence electrons. The maximum absolute atomic E-state index is 10.9. The van der Waals surface area contributed by atoms with Gasteiger partial charge in [-0.25, -0.2) is 0 Å². The molecule has 0 N–H and O–H groups in total. The molecule has 0 fully saturated rings. The number of fused-ring (bicyclic) bond motifs is 1. The summed E-state index contributed by atoms with van der Waals surface area (Å²) in [6.45, 7) is 9.08. The van der Waals surface area contributed by atoms with Gasteiger partial charge in [0, 0.05) is 32.7 Å². The molecule has 0 saturated carbocycles. The van der Waals surface area contributed by atoms with Gasteiger partial charge >= 0.3 is 0 Å². The Hall–Kier alpha value is -3.17. The first-order valence-electron chi connectivity index (χ1n) is 11.5. The Bertz CT molecular complexity index is 1290. The summed E-state index contributed by atoms with van der Waals surface area (Å²) in [7, 11) is 0. The van der Waals surface area contributed by atoms with E-state index in [2.05, 4.69) is 87.2 Å². The number of hydrogen-bond acceptors (Lipinski definition) is 3. The third-order valence-corrected chi connectivity index (χ3v) is 7.71. The third kappa shape index (κ3) is 4.14. The molecule has 4 aromatic rings. The van der Waals surface area contributed by atoms with E-state index in [1.165, 1.54) is 37.8 Å². The van der Waals surface area contributed by atoms with Crippen molar-refractivity contribution in [1.29, 1.82) is 0 Å². The van der Waals surface area contributed by atoms with Gasteiger partial charge in [0.25, 0.3) is 0 Å². The first-order chi connectivity index (χ1) is 15.8. The lowest BCUT2D eigenvalue weighted by Crippen LogP contribution is -2.24. The lowest BCUT2D eigenvalue weighted by molar-refractivity contribution is 0.112. The van der Waals surface area contributed by atoms with Gasteiger partial charge in [0.2, 0.25) is 0 Å². The maximum atomic E-state index is 10.9. The fourth-order valence-electron chi connectivity index (χ4n) is 4.67. The molecule has 2 nitrogen and oxygen atoms in total. The largest absolute Gasteiger partial charge is 0.338 e. The third-order valence-electron chi connectivity index (χ3n) is 6.53. The minimum atomic E-state index is 0.165. The summed E-state index contributed by atoms with van der Waals surface area (Å²) < 4.78 is 0. The summed E-state index contributed by atoms with van der Waals surface area (Å²) in [5.41, 5.74) is 8.64. The average molecular weight is 452 g/mol. The molecule has 2 heterocycles. The number of hydrogen-bond donors (Lipinski definition) is 0. The second-order valence-electron chi connectivity index (χ2n) is 9.97. The minimum Gasteiger partial charge on any atom is -0.338 e. The van der Waals surface area contributed by atoms with E-state index in [0.717, 1.165) is 18.3 Å². The average Bonchev–Trinajstić information content (AvgIpc) is 3.42. The molecule has 3 aromatic carbocycles. The van der Waals surface area contributed by atoms with Crippen molar-refractivity contribution >= 4 is 29.0 Å². The topological polar surface area (TPSA) is 20.3 Å².